The molecule has 2 aromatic carbocycles. The van der Waals surface area contributed by atoms with Crippen molar-refractivity contribution in [3.63, 3.8) is 0 Å². The molecule has 166 valence electrons. The van der Waals surface area contributed by atoms with Crippen molar-refractivity contribution in [3.8, 4) is 22.4 Å². The molecule has 0 unspecified atom stereocenters. The Bertz CT molecular complexity index is 1410. The van der Waals surface area contributed by atoms with Crippen molar-refractivity contribution in [2.45, 2.75) is 36.8 Å². The second-order valence-electron chi connectivity index (χ2n) is 9.85. The molecule has 2 aliphatic carbocycles. The minimum absolute atomic E-state index is 0.0553. The summed E-state index contributed by atoms with van der Waals surface area (Å²) in [6.45, 7) is 0. The first-order valence-corrected chi connectivity index (χ1v) is 11.5. The van der Waals surface area contributed by atoms with Crippen LogP contribution in [0.3, 0.4) is 0 Å². The summed E-state index contributed by atoms with van der Waals surface area (Å²) < 4.78 is 1.64. The normalized spacial score (nSPS) is 24.6. The fraction of sp³-hybridized carbons (Fsp3) is 0.286. The van der Waals surface area contributed by atoms with Gasteiger partial charge in [-0.25, -0.2) is 4.98 Å². The largest absolute Gasteiger partial charge is 0.389 e. The molecule has 0 bridgehead atoms. The third-order valence-corrected chi connectivity index (χ3v) is 7.51. The van der Waals surface area contributed by atoms with E-state index < -0.39 is 11.1 Å². The lowest BCUT2D eigenvalue weighted by Crippen LogP contribution is -2.60. The van der Waals surface area contributed by atoms with E-state index in [1.54, 1.807) is 23.7 Å². The van der Waals surface area contributed by atoms with Crippen molar-refractivity contribution >= 4 is 11.0 Å². The highest BCUT2D eigenvalue weighted by atomic mass is 16.3. The van der Waals surface area contributed by atoms with Gasteiger partial charge in [-0.2, -0.15) is 0 Å². The Hall–Kier alpha value is -3.28. The molecule has 2 fully saturated rings. The first-order valence-electron chi connectivity index (χ1n) is 11.5. The zero-order valence-electron chi connectivity index (χ0n) is 18.7. The number of aliphatic hydroxyl groups is 1. The van der Waals surface area contributed by atoms with Crippen LogP contribution in [0.4, 0.5) is 0 Å². The second-order valence-corrected chi connectivity index (χ2v) is 9.85. The number of nitrogens with two attached hydrogens (primary N) is 1. The van der Waals surface area contributed by atoms with Gasteiger partial charge in [-0.1, -0.05) is 54.6 Å². The predicted molar refractivity (Wildman–Crippen MR) is 131 cm³/mol. The van der Waals surface area contributed by atoms with Gasteiger partial charge in [0.1, 0.15) is 0 Å². The molecule has 5 heteroatoms. The predicted octanol–water partition coefficient (Wildman–Crippen LogP) is 4.36. The van der Waals surface area contributed by atoms with Crippen LogP contribution < -0.4 is 11.3 Å². The molecule has 2 aromatic heterocycles. The minimum atomic E-state index is -0.580. The van der Waals surface area contributed by atoms with Crippen molar-refractivity contribution in [1.29, 1.82) is 0 Å². The third kappa shape index (κ3) is 3.31. The number of hydrogen-bond donors (Lipinski definition) is 2. The fourth-order valence-corrected chi connectivity index (χ4v) is 5.46. The molecule has 2 heterocycles. The number of nitrogens with zero attached hydrogens (tertiary/aromatic N) is 2. The summed E-state index contributed by atoms with van der Waals surface area (Å²) in [6.07, 6.45) is 3.49. The smallest absolute Gasteiger partial charge is 0.250 e. The highest BCUT2D eigenvalue weighted by Crippen LogP contribution is 2.57. The molecule has 3 N–H and O–H groups in total. The van der Waals surface area contributed by atoms with Crippen molar-refractivity contribution < 1.29 is 5.11 Å². The molecule has 0 amide bonds. The molecule has 2 aliphatic rings. The summed E-state index contributed by atoms with van der Waals surface area (Å²) in [5.41, 5.74) is 12.1. The summed E-state index contributed by atoms with van der Waals surface area (Å²) in [7, 11) is 1.78. The number of aryl methyl sites for hydroxylation is 1. The van der Waals surface area contributed by atoms with Gasteiger partial charge in [0.15, 0.2) is 0 Å². The van der Waals surface area contributed by atoms with Crippen LogP contribution in [0.5, 0.6) is 0 Å². The average Bonchev–Trinajstić information content (AvgIpc) is 3.67. The lowest BCUT2D eigenvalue weighted by Gasteiger charge is -2.52. The lowest BCUT2D eigenvalue weighted by molar-refractivity contribution is -0.106. The highest BCUT2D eigenvalue weighted by molar-refractivity contribution is 5.90. The maximum absolute atomic E-state index is 12.2. The summed E-state index contributed by atoms with van der Waals surface area (Å²) >= 11 is 0. The maximum atomic E-state index is 12.2. The lowest BCUT2D eigenvalue weighted by atomic mass is 9.60. The van der Waals surface area contributed by atoms with Gasteiger partial charge < -0.3 is 15.4 Å². The summed E-state index contributed by atoms with van der Waals surface area (Å²) in [5, 5.41) is 10.8. The third-order valence-electron chi connectivity index (χ3n) is 7.51. The molecule has 33 heavy (non-hydrogen) atoms. The molecule has 5 nitrogen and oxygen atoms in total. The Balaban J connectivity index is 1.43. The Kier molecular flexibility index (Phi) is 4.38. The van der Waals surface area contributed by atoms with Gasteiger partial charge in [-0.15, -0.1) is 0 Å². The number of fused-ring (bicyclic) bond motifs is 1. The van der Waals surface area contributed by atoms with E-state index >= 15 is 0 Å². The van der Waals surface area contributed by atoms with E-state index in [4.69, 9.17) is 10.7 Å². The molecular weight excluding hydrogens is 410 g/mol. The molecule has 0 spiro atoms. The van der Waals surface area contributed by atoms with E-state index in [-0.39, 0.29) is 5.56 Å². The van der Waals surface area contributed by atoms with Crippen molar-refractivity contribution in [1.82, 2.24) is 9.55 Å². The van der Waals surface area contributed by atoms with Gasteiger partial charge in [0.2, 0.25) is 0 Å². The van der Waals surface area contributed by atoms with E-state index in [9.17, 15) is 9.90 Å². The van der Waals surface area contributed by atoms with Gasteiger partial charge in [0, 0.05) is 29.8 Å². The van der Waals surface area contributed by atoms with Crippen molar-refractivity contribution in [3.05, 3.63) is 88.7 Å². The van der Waals surface area contributed by atoms with Crippen LogP contribution in [0.1, 0.15) is 31.2 Å². The van der Waals surface area contributed by atoms with E-state index in [1.165, 1.54) is 0 Å². The summed E-state index contributed by atoms with van der Waals surface area (Å²) in [5.74, 6) is 0.430. The summed E-state index contributed by atoms with van der Waals surface area (Å²) in [6, 6.07) is 23.8. The number of hydrogen-bond acceptors (Lipinski definition) is 4. The average molecular weight is 438 g/mol. The van der Waals surface area contributed by atoms with E-state index in [2.05, 4.69) is 42.5 Å². The first-order chi connectivity index (χ1) is 15.9. The van der Waals surface area contributed by atoms with Gasteiger partial charge in [0.05, 0.1) is 22.3 Å². The standard InChI is InChI=1S/C28H27N3O2/c1-31-24-15-22(18-5-3-2-4-6-18)26(30-23(24)13-14-25(31)32)19-7-9-20(10-8-19)27(29)16-28(33,17-27)21-11-12-21/h2-10,13-15,21,33H,11-12,16-17,29H2,1H3/t27-,28-. The van der Waals surface area contributed by atoms with Gasteiger partial charge >= 0.3 is 0 Å². The summed E-state index contributed by atoms with van der Waals surface area (Å²) in [4.78, 5) is 17.2. The fourth-order valence-electron chi connectivity index (χ4n) is 5.46. The van der Waals surface area contributed by atoms with Crippen LogP contribution in [0.15, 0.2) is 77.6 Å². The highest BCUT2D eigenvalue weighted by Gasteiger charge is 2.58. The van der Waals surface area contributed by atoms with Gasteiger partial charge in [-0.05, 0) is 54.9 Å². The SMILES string of the molecule is Cn1c(=O)ccc2nc(-c3ccc([C@]4(N)C[C@@](O)(C5CC5)C4)cc3)c(-c3ccccc3)cc21. The number of rotatable bonds is 4. The monoisotopic (exact) mass is 437 g/mol. The topological polar surface area (TPSA) is 81.1 Å². The molecule has 0 atom stereocenters. The molecule has 2 saturated carbocycles. The van der Waals surface area contributed by atoms with Crippen LogP contribution in [-0.2, 0) is 12.6 Å². The van der Waals surface area contributed by atoms with Crippen LogP contribution in [0.2, 0.25) is 0 Å². The molecule has 0 saturated heterocycles. The van der Waals surface area contributed by atoms with E-state index in [0.717, 1.165) is 51.8 Å². The molecular formula is C28H27N3O2. The van der Waals surface area contributed by atoms with Gasteiger partial charge in [0.25, 0.3) is 5.56 Å². The quantitative estimate of drug-likeness (QED) is 0.497. The molecule has 6 rings (SSSR count). The number of benzene rings is 2. The Morgan fingerprint density at radius 3 is 2.33 bits per heavy atom. The molecule has 0 aliphatic heterocycles. The van der Waals surface area contributed by atoms with Gasteiger partial charge in [-0.3, -0.25) is 4.79 Å². The molecule has 4 aromatic rings. The number of pyridine rings is 2. The van der Waals surface area contributed by atoms with Crippen molar-refractivity contribution in [2.24, 2.45) is 18.7 Å². The molecule has 0 radical (unpaired) electrons. The van der Waals surface area contributed by atoms with Crippen LogP contribution in [-0.4, -0.2) is 20.3 Å². The number of aromatic nitrogens is 2. The van der Waals surface area contributed by atoms with E-state index in [1.807, 2.05) is 18.2 Å². The van der Waals surface area contributed by atoms with Crippen LogP contribution in [0, 0.1) is 5.92 Å². The Morgan fingerprint density at radius 1 is 0.970 bits per heavy atom. The zero-order chi connectivity index (χ0) is 22.8. The second kappa shape index (κ2) is 7.11. The zero-order valence-corrected chi connectivity index (χ0v) is 18.7. The first kappa shape index (κ1) is 20.3. The van der Waals surface area contributed by atoms with Crippen molar-refractivity contribution in [2.75, 3.05) is 0 Å². The van der Waals surface area contributed by atoms with E-state index in [0.29, 0.717) is 18.8 Å². The Labute approximate surface area is 192 Å². The Morgan fingerprint density at radius 2 is 1.67 bits per heavy atom. The van der Waals surface area contributed by atoms with Crippen LogP contribution >= 0.6 is 0 Å². The maximum Gasteiger partial charge on any atom is 0.250 e. The minimum Gasteiger partial charge on any atom is -0.389 e. The van der Waals surface area contributed by atoms with Crippen LogP contribution in [0.25, 0.3) is 33.4 Å².